The molecule has 194 valence electrons. The SMILES string of the molecule is Cc1c(Cl)cccc1S(=O)(=O)Nc1cc2cnccc2nc1OCc1ccc(Cl)c(OCCN(C)C)c1. The average molecular weight is 561 g/mol. The van der Waals surface area contributed by atoms with Gasteiger partial charge < -0.3 is 14.4 Å². The lowest BCUT2D eigenvalue weighted by atomic mass is 10.2. The highest BCUT2D eigenvalue weighted by Crippen LogP contribution is 2.32. The maximum atomic E-state index is 13.3. The van der Waals surface area contributed by atoms with Gasteiger partial charge in [0.2, 0.25) is 5.88 Å². The number of likely N-dealkylation sites (N-methyl/N-ethyl adjacent to an activating group) is 1. The largest absolute Gasteiger partial charge is 0.491 e. The van der Waals surface area contributed by atoms with Crippen LogP contribution in [0.4, 0.5) is 5.69 Å². The van der Waals surface area contributed by atoms with Crippen LogP contribution in [-0.2, 0) is 16.6 Å². The predicted molar refractivity (Wildman–Crippen MR) is 146 cm³/mol. The van der Waals surface area contributed by atoms with Crippen molar-refractivity contribution in [2.75, 3.05) is 32.0 Å². The molecule has 2 heterocycles. The summed E-state index contributed by atoms with van der Waals surface area (Å²) in [7, 11) is -0.0672. The van der Waals surface area contributed by atoms with Crippen molar-refractivity contribution >= 4 is 49.8 Å². The topological polar surface area (TPSA) is 93.7 Å². The third-order valence-corrected chi connectivity index (χ3v) is 7.73. The number of pyridine rings is 2. The van der Waals surface area contributed by atoms with E-state index < -0.39 is 10.0 Å². The first-order valence-electron chi connectivity index (χ1n) is 11.4. The van der Waals surface area contributed by atoms with E-state index in [-0.39, 0.29) is 23.1 Å². The molecule has 4 aromatic rings. The first-order valence-corrected chi connectivity index (χ1v) is 13.6. The second-order valence-electron chi connectivity index (χ2n) is 8.58. The van der Waals surface area contributed by atoms with E-state index in [2.05, 4.69) is 14.7 Å². The number of nitrogens with one attached hydrogen (secondary N) is 1. The van der Waals surface area contributed by atoms with Gasteiger partial charge in [-0.1, -0.05) is 35.3 Å². The molecule has 0 unspecified atom stereocenters. The standard InChI is InChI=1S/C26H26Cl2N4O4S/c1-17-20(27)5-4-6-25(17)37(33,34)31-23-14-19-15-29-10-9-22(19)30-26(23)36-16-18-7-8-21(28)24(13-18)35-12-11-32(2)3/h4-10,13-15,31H,11-12,16H2,1-3H3. The zero-order valence-corrected chi connectivity index (χ0v) is 22.9. The van der Waals surface area contributed by atoms with Crippen LogP contribution >= 0.6 is 23.2 Å². The first-order chi connectivity index (χ1) is 17.6. The van der Waals surface area contributed by atoms with E-state index in [4.69, 9.17) is 32.7 Å². The summed E-state index contributed by atoms with van der Waals surface area (Å²) < 4.78 is 41.0. The third-order valence-electron chi connectivity index (χ3n) is 5.50. The quantitative estimate of drug-likeness (QED) is 0.271. The van der Waals surface area contributed by atoms with Crippen molar-refractivity contribution in [1.29, 1.82) is 0 Å². The Bertz CT molecular complexity index is 1530. The molecule has 0 amide bonds. The van der Waals surface area contributed by atoms with Crippen LogP contribution in [0, 0.1) is 6.92 Å². The molecule has 0 aliphatic carbocycles. The number of aromatic nitrogens is 2. The van der Waals surface area contributed by atoms with Gasteiger partial charge in [0.05, 0.1) is 15.4 Å². The van der Waals surface area contributed by atoms with Crippen molar-refractivity contribution < 1.29 is 17.9 Å². The first kappa shape index (κ1) is 26.9. The summed E-state index contributed by atoms with van der Waals surface area (Å²) in [6.45, 7) is 2.97. The van der Waals surface area contributed by atoms with E-state index in [1.165, 1.54) is 6.07 Å². The molecule has 4 rings (SSSR count). The van der Waals surface area contributed by atoms with Gasteiger partial charge in [0.25, 0.3) is 10.0 Å². The molecule has 11 heteroatoms. The zero-order valence-electron chi connectivity index (χ0n) is 20.5. The van der Waals surface area contributed by atoms with E-state index in [0.29, 0.717) is 38.9 Å². The smallest absolute Gasteiger partial charge is 0.262 e. The Morgan fingerprint density at radius 1 is 1.03 bits per heavy atom. The molecule has 37 heavy (non-hydrogen) atoms. The van der Waals surface area contributed by atoms with Gasteiger partial charge in [0.1, 0.15) is 24.7 Å². The van der Waals surface area contributed by atoms with Crippen LogP contribution in [0.1, 0.15) is 11.1 Å². The van der Waals surface area contributed by atoms with E-state index in [1.807, 2.05) is 25.1 Å². The number of rotatable bonds is 10. The second kappa shape index (κ2) is 11.5. The molecule has 0 radical (unpaired) electrons. The Morgan fingerprint density at radius 3 is 2.62 bits per heavy atom. The summed E-state index contributed by atoms with van der Waals surface area (Å²) in [6, 6.07) is 13.4. The van der Waals surface area contributed by atoms with Crippen molar-refractivity contribution in [3.05, 3.63) is 82.1 Å². The summed E-state index contributed by atoms with van der Waals surface area (Å²) in [6.07, 6.45) is 3.21. The molecule has 0 atom stereocenters. The van der Waals surface area contributed by atoms with Crippen molar-refractivity contribution in [3.63, 3.8) is 0 Å². The predicted octanol–water partition coefficient (Wildman–Crippen LogP) is 5.57. The van der Waals surface area contributed by atoms with Crippen molar-refractivity contribution in [2.45, 2.75) is 18.4 Å². The monoisotopic (exact) mass is 560 g/mol. The number of hydrogen-bond acceptors (Lipinski definition) is 7. The van der Waals surface area contributed by atoms with E-state index in [0.717, 1.165) is 12.1 Å². The highest BCUT2D eigenvalue weighted by atomic mass is 35.5. The van der Waals surface area contributed by atoms with Crippen molar-refractivity contribution in [3.8, 4) is 11.6 Å². The average Bonchev–Trinajstić information content (AvgIpc) is 2.85. The molecule has 0 saturated heterocycles. The molecule has 0 spiro atoms. The maximum absolute atomic E-state index is 13.3. The maximum Gasteiger partial charge on any atom is 0.262 e. The summed E-state index contributed by atoms with van der Waals surface area (Å²) >= 11 is 12.5. The lowest BCUT2D eigenvalue weighted by Gasteiger charge is -2.16. The fourth-order valence-electron chi connectivity index (χ4n) is 3.50. The van der Waals surface area contributed by atoms with Crippen molar-refractivity contribution in [1.82, 2.24) is 14.9 Å². The fourth-order valence-corrected chi connectivity index (χ4v) is 5.22. The minimum atomic E-state index is -3.99. The van der Waals surface area contributed by atoms with E-state index in [1.54, 1.807) is 55.7 Å². The summed E-state index contributed by atoms with van der Waals surface area (Å²) in [5, 5.41) is 1.49. The number of nitrogens with zero attached hydrogens (tertiary/aromatic N) is 3. The molecule has 1 N–H and O–H groups in total. The van der Waals surface area contributed by atoms with Gasteiger partial charge >= 0.3 is 0 Å². The molecule has 2 aromatic carbocycles. The van der Waals surface area contributed by atoms with Crippen molar-refractivity contribution in [2.24, 2.45) is 0 Å². The summed E-state index contributed by atoms with van der Waals surface area (Å²) in [5.41, 5.74) is 2.00. The molecule has 0 fully saturated rings. The Kier molecular flexibility index (Phi) is 8.39. The molecule has 0 bridgehead atoms. The number of halogens is 2. The third kappa shape index (κ3) is 6.61. The molecule has 0 saturated carbocycles. The van der Waals surface area contributed by atoms with E-state index in [9.17, 15) is 8.42 Å². The Balaban J connectivity index is 1.62. The lowest BCUT2D eigenvalue weighted by molar-refractivity contribution is 0.260. The number of fused-ring (bicyclic) bond motifs is 1. The number of anilines is 1. The van der Waals surface area contributed by atoms with Crippen LogP contribution in [0.15, 0.2) is 65.8 Å². The number of benzene rings is 2. The van der Waals surface area contributed by atoms with E-state index >= 15 is 0 Å². The minimum Gasteiger partial charge on any atom is -0.491 e. The van der Waals surface area contributed by atoms with Gasteiger partial charge in [-0.15, -0.1) is 0 Å². The Morgan fingerprint density at radius 2 is 1.84 bits per heavy atom. The Labute approximate surface area is 226 Å². The summed E-state index contributed by atoms with van der Waals surface area (Å²) in [5.74, 6) is 0.659. The van der Waals surface area contributed by atoms with Crippen LogP contribution in [0.25, 0.3) is 10.9 Å². The molecule has 0 aliphatic heterocycles. The zero-order chi connectivity index (χ0) is 26.6. The molecule has 2 aromatic heterocycles. The Hall–Kier alpha value is -3.11. The number of ether oxygens (including phenoxy) is 2. The molecular weight excluding hydrogens is 535 g/mol. The van der Waals surface area contributed by atoms with Crippen LogP contribution < -0.4 is 14.2 Å². The van der Waals surface area contributed by atoms with Crippen LogP contribution in [-0.4, -0.2) is 50.5 Å². The highest BCUT2D eigenvalue weighted by molar-refractivity contribution is 7.92. The van der Waals surface area contributed by atoms with Gasteiger partial charge in [-0.25, -0.2) is 13.4 Å². The van der Waals surface area contributed by atoms with Gasteiger partial charge in [0.15, 0.2) is 0 Å². The fraction of sp³-hybridized carbons (Fsp3) is 0.231. The normalized spacial score (nSPS) is 11.6. The van der Waals surface area contributed by atoms with Gasteiger partial charge in [-0.05, 0) is 68.5 Å². The molecule has 0 aliphatic rings. The van der Waals surface area contributed by atoms with Crippen LogP contribution in [0.5, 0.6) is 11.6 Å². The van der Waals surface area contributed by atoms with Gasteiger partial charge in [-0.2, -0.15) is 0 Å². The summed E-state index contributed by atoms with van der Waals surface area (Å²) in [4.78, 5) is 10.7. The highest BCUT2D eigenvalue weighted by Gasteiger charge is 2.21. The van der Waals surface area contributed by atoms with Gasteiger partial charge in [0, 0.05) is 29.3 Å². The molecular formula is C26H26Cl2N4O4S. The van der Waals surface area contributed by atoms with Crippen LogP contribution in [0.2, 0.25) is 10.0 Å². The van der Waals surface area contributed by atoms with Gasteiger partial charge in [-0.3, -0.25) is 9.71 Å². The minimum absolute atomic E-state index is 0.0643. The number of hydrogen-bond donors (Lipinski definition) is 1. The second-order valence-corrected chi connectivity index (χ2v) is 11.0. The molecule has 8 nitrogen and oxygen atoms in total. The van der Waals surface area contributed by atoms with Crippen LogP contribution in [0.3, 0.4) is 0 Å². The number of sulfonamides is 1. The lowest BCUT2D eigenvalue weighted by Crippen LogP contribution is -2.19.